The number of anilines is 2. The van der Waals surface area contributed by atoms with E-state index in [1.165, 1.54) is 6.42 Å². The topological polar surface area (TPSA) is 41.6 Å². The molecule has 0 spiro atoms. The number of carbonyl (C=O) groups is 1. The zero-order chi connectivity index (χ0) is 17.6. The number of hydrogen-bond donors (Lipinski definition) is 1. The second kappa shape index (κ2) is 8.26. The lowest BCUT2D eigenvalue weighted by molar-refractivity contribution is 0.102. The third-order valence-electron chi connectivity index (χ3n) is 4.33. The smallest absolute Gasteiger partial charge is 0.255 e. The number of amides is 1. The van der Waals surface area contributed by atoms with Crippen molar-refractivity contribution in [2.24, 2.45) is 0 Å². The minimum atomic E-state index is -0.149. The lowest BCUT2D eigenvalue weighted by atomic mass is 10.1. The monoisotopic (exact) mass is 358 g/mol. The van der Waals surface area contributed by atoms with E-state index in [1.807, 2.05) is 37.3 Å². The highest BCUT2D eigenvalue weighted by atomic mass is 35.5. The van der Waals surface area contributed by atoms with Crippen LogP contribution in [0.5, 0.6) is 5.75 Å². The summed E-state index contributed by atoms with van der Waals surface area (Å²) in [5.74, 6) is 0.611. The van der Waals surface area contributed by atoms with Crippen molar-refractivity contribution in [3.8, 4) is 5.75 Å². The van der Waals surface area contributed by atoms with E-state index in [2.05, 4.69) is 10.2 Å². The summed E-state index contributed by atoms with van der Waals surface area (Å²) in [5.41, 5.74) is 2.27. The molecule has 0 atom stereocenters. The molecule has 0 saturated carbocycles. The molecular weight excluding hydrogens is 336 g/mol. The maximum atomic E-state index is 12.6. The lowest BCUT2D eigenvalue weighted by Gasteiger charge is -2.31. The molecule has 0 aromatic heterocycles. The normalized spacial score (nSPS) is 14.2. The fourth-order valence-corrected chi connectivity index (χ4v) is 3.41. The number of halogens is 1. The Morgan fingerprint density at radius 1 is 1.12 bits per heavy atom. The molecule has 1 saturated heterocycles. The maximum absolute atomic E-state index is 12.6. The van der Waals surface area contributed by atoms with E-state index >= 15 is 0 Å². The van der Waals surface area contributed by atoms with Crippen LogP contribution in [0.4, 0.5) is 11.4 Å². The van der Waals surface area contributed by atoms with Gasteiger partial charge in [0.05, 0.1) is 23.0 Å². The second-order valence-electron chi connectivity index (χ2n) is 6.10. The Hall–Kier alpha value is -2.20. The summed E-state index contributed by atoms with van der Waals surface area (Å²) in [5, 5.41) is 3.68. The molecule has 1 N–H and O–H groups in total. The van der Waals surface area contributed by atoms with Crippen molar-refractivity contribution >= 4 is 28.9 Å². The van der Waals surface area contributed by atoms with Gasteiger partial charge in [0.15, 0.2) is 0 Å². The lowest BCUT2D eigenvalue weighted by Crippen LogP contribution is -2.30. The van der Waals surface area contributed by atoms with Gasteiger partial charge in [0.2, 0.25) is 0 Å². The summed E-state index contributed by atoms with van der Waals surface area (Å²) in [7, 11) is 0. The van der Waals surface area contributed by atoms with Crippen LogP contribution in [0.1, 0.15) is 36.5 Å². The van der Waals surface area contributed by atoms with Crippen molar-refractivity contribution in [2.45, 2.75) is 26.2 Å². The van der Waals surface area contributed by atoms with Gasteiger partial charge in [0, 0.05) is 18.7 Å². The summed E-state index contributed by atoms with van der Waals surface area (Å²) in [6.45, 7) is 4.47. The third kappa shape index (κ3) is 4.26. The van der Waals surface area contributed by atoms with Crippen molar-refractivity contribution < 1.29 is 9.53 Å². The van der Waals surface area contributed by atoms with Crippen LogP contribution in [-0.4, -0.2) is 25.6 Å². The summed E-state index contributed by atoms with van der Waals surface area (Å²) >= 11 is 6.44. The molecule has 1 fully saturated rings. The number of para-hydroxylation sites is 1. The Morgan fingerprint density at radius 3 is 2.52 bits per heavy atom. The van der Waals surface area contributed by atoms with Crippen LogP contribution in [0.15, 0.2) is 42.5 Å². The predicted molar refractivity (Wildman–Crippen MR) is 103 cm³/mol. The summed E-state index contributed by atoms with van der Waals surface area (Å²) in [6, 6.07) is 12.8. The van der Waals surface area contributed by atoms with Gasteiger partial charge in [0.25, 0.3) is 5.91 Å². The van der Waals surface area contributed by atoms with Gasteiger partial charge in [-0.25, -0.2) is 0 Å². The van der Waals surface area contributed by atoms with Crippen molar-refractivity contribution in [3.63, 3.8) is 0 Å². The second-order valence-corrected chi connectivity index (χ2v) is 6.50. The maximum Gasteiger partial charge on any atom is 0.255 e. The molecule has 1 amide bonds. The minimum absolute atomic E-state index is 0.149. The number of benzene rings is 2. The number of nitrogens with zero attached hydrogens (tertiary/aromatic N) is 1. The highest BCUT2D eigenvalue weighted by Crippen LogP contribution is 2.35. The molecule has 5 heteroatoms. The van der Waals surface area contributed by atoms with Crippen LogP contribution < -0.4 is 15.0 Å². The fraction of sp³-hybridized carbons (Fsp3) is 0.350. The van der Waals surface area contributed by atoms with Crippen LogP contribution in [-0.2, 0) is 0 Å². The van der Waals surface area contributed by atoms with Gasteiger partial charge in [0.1, 0.15) is 5.75 Å². The van der Waals surface area contributed by atoms with Crippen molar-refractivity contribution in [3.05, 3.63) is 53.1 Å². The molecule has 132 valence electrons. The van der Waals surface area contributed by atoms with Gasteiger partial charge in [-0.15, -0.1) is 0 Å². The number of ether oxygens (including phenoxy) is 1. The Labute approximate surface area is 153 Å². The Morgan fingerprint density at radius 2 is 1.84 bits per heavy atom. The molecule has 0 radical (unpaired) electrons. The highest BCUT2D eigenvalue weighted by Gasteiger charge is 2.19. The first-order chi connectivity index (χ1) is 12.2. The molecule has 1 aliphatic heterocycles. The summed E-state index contributed by atoms with van der Waals surface area (Å²) < 4.78 is 5.42. The SMILES string of the molecule is CCOc1ccc(C(=O)Nc2cccc(Cl)c2N2CCCCC2)cc1. The van der Waals surface area contributed by atoms with E-state index in [0.29, 0.717) is 17.2 Å². The molecule has 2 aromatic rings. The Balaban J connectivity index is 1.80. The summed E-state index contributed by atoms with van der Waals surface area (Å²) in [4.78, 5) is 14.9. The highest BCUT2D eigenvalue weighted by molar-refractivity contribution is 6.34. The van der Waals surface area contributed by atoms with Crippen molar-refractivity contribution in [2.75, 3.05) is 29.9 Å². The van der Waals surface area contributed by atoms with E-state index in [9.17, 15) is 4.79 Å². The molecule has 25 heavy (non-hydrogen) atoms. The van der Waals surface area contributed by atoms with Gasteiger partial charge in [-0.2, -0.15) is 0 Å². The molecule has 1 heterocycles. The summed E-state index contributed by atoms with van der Waals surface area (Å²) in [6.07, 6.45) is 3.55. The largest absolute Gasteiger partial charge is 0.494 e. The van der Waals surface area contributed by atoms with Crippen LogP contribution in [0.2, 0.25) is 5.02 Å². The zero-order valence-corrected chi connectivity index (χ0v) is 15.2. The molecule has 4 nitrogen and oxygen atoms in total. The van der Waals surface area contributed by atoms with Gasteiger partial charge in [-0.3, -0.25) is 4.79 Å². The van der Waals surface area contributed by atoms with Crippen molar-refractivity contribution in [1.82, 2.24) is 0 Å². The van der Waals surface area contributed by atoms with Crippen LogP contribution in [0, 0.1) is 0 Å². The van der Waals surface area contributed by atoms with E-state index in [1.54, 1.807) is 12.1 Å². The van der Waals surface area contributed by atoms with Gasteiger partial charge in [-0.1, -0.05) is 17.7 Å². The van der Waals surface area contributed by atoms with Crippen LogP contribution in [0.25, 0.3) is 0 Å². The van der Waals surface area contributed by atoms with E-state index in [-0.39, 0.29) is 5.91 Å². The number of nitrogens with one attached hydrogen (secondary N) is 1. The first-order valence-electron chi connectivity index (χ1n) is 8.76. The first kappa shape index (κ1) is 17.6. The number of carbonyl (C=O) groups excluding carboxylic acids is 1. The Kier molecular flexibility index (Phi) is 5.82. The molecular formula is C20H23ClN2O2. The standard InChI is InChI=1S/C20H23ClN2O2/c1-2-25-16-11-9-15(10-12-16)20(24)22-18-8-6-7-17(21)19(18)23-13-4-3-5-14-23/h6-12H,2-5,13-14H2,1H3,(H,22,24). The van der Waals surface area contributed by atoms with Gasteiger partial charge >= 0.3 is 0 Å². The van der Waals surface area contributed by atoms with Crippen LogP contribution >= 0.6 is 11.6 Å². The zero-order valence-electron chi connectivity index (χ0n) is 14.4. The molecule has 1 aliphatic rings. The van der Waals surface area contributed by atoms with E-state index < -0.39 is 0 Å². The first-order valence-corrected chi connectivity index (χ1v) is 9.14. The van der Waals surface area contributed by atoms with Gasteiger partial charge < -0.3 is 15.0 Å². The molecule has 0 aliphatic carbocycles. The predicted octanol–water partition coefficient (Wildman–Crippen LogP) is 4.98. The molecule has 3 rings (SSSR count). The van der Waals surface area contributed by atoms with E-state index in [0.717, 1.165) is 43.1 Å². The number of rotatable bonds is 5. The van der Waals surface area contributed by atoms with Crippen molar-refractivity contribution in [1.29, 1.82) is 0 Å². The Bertz CT molecular complexity index is 725. The average molecular weight is 359 g/mol. The van der Waals surface area contributed by atoms with Gasteiger partial charge in [-0.05, 0) is 62.6 Å². The number of piperidine rings is 1. The molecule has 0 unspecified atom stereocenters. The average Bonchev–Trinajstić information content (AvgIpc) is 2.63. The molecule has 2 aromatic carbocycles. The minimum Gasteiger partial charge on any atom is -0.494 e. The van der Waals surface area contributed by atoms with Crippen LogP contribution in [0.3, 0.4) is 0 Å². The number of hydrogen-bond acceptors (Lipinski definition) is 3. The quantitative estimate of drug-likeness (QED) is 0.819. The third-order valence-corrected chi connectivity index (χ3v) is 4.64. The van der Waals surface area contributed by atoms with E-state index in [4.69, 9.17) is 16.3 Å². The molecule has 0 bridgehead atoms. The fourth-order valence-electron chi connectivity index (χ4n) is 3.12.